The third-order valence-corrected chi connectivity index (χ3v) is 14.3. The Morgan fingerprint density at radius 2 is 1.07 bits per heavy atom. The zero-order chi connectivity index (χ0) is 39.3. The third kappa shape index (κ3) is 6.58. The van der Waals surface area contributed by atoms with Crippen molar-refractivity contribution in [3.05, 3.63) is 96.3 Å². The van der Waals surface area contributed by atoms with Crippen LogP contribution < -0.4 is 18.9 Å². The molecule has 4 bridgehead atoms. The summed E-state index contributed by atoms with van der Waals surface area (Å²) in [5, 5.41) is 13.7. The fraction of sp³-hybridized carbons (Fsp3) is 0.458. The van der Waals surface area contributed by atoms with Gasteiger partial charge in [-0.1, -0.05) is 38.8 Å². The normalized spacial score (nSPS) is 27.4. The predicted molar refractivity (Wildman–Crippen MR) is 227 cm³/mol. The van der Waals surface area contributed by atoms with Gasteiger partial charge in [0.25, 0.3) is 0 Å². The van der Waals surface area contributed by atoms with Crippen LogP contribution in [0.15, 0.2) is 85.2 Å². The summed E-state index contributed by atoms with van der Waals surface area (Å²) in [6.45, 7) is 9.00. The largest absolute Gasteiger partial charge is 0.497 e. The minimum Gasteiger partial charge on any atom is -0.497 e. The average molecular weight is 779 g/mol. The van der Waals surface area contributed by atoms with E-state index in [1.54, 1.807) is 14.2 Å². The molecular formula is C48H54N6O4. The Kier molecular flexibility index (Phi) is 10.0. The second kappa shape index (κ2) is 15.6. The van der Waals surface area contributed by atoms with Crippen LogP contribution in [0.1, 0.15) is 75.7 Å². The standard InChI is InChI=1S/C48H54N6O4/c1-5-29-27-53-21-17-31(29)23-43(53)45(35-15-19-49-41-13-11-33(55-3)25-39(35)41)57-47-37-9-7-8-10-38(37)48(52-51-47)58-46(44-24-32-18-22-54(44)28-30(32)6-2)36-16-20-50-42-14-12-34(56-4)26-40(36)42/h7-16,19-20,25-26,29-32,43-46H,5-6,17-18,21-24,27-28H2,1-4H3/t29-,30-,31-,32+,43+,44-,45+,46-/m0/s1. The molecule has 10 atom stereocenters. The van der Waals surface area contributed by atoms with E-state index >= 15 is 0 Å². The molecule has 12 rings (SSSR count). The Morgan fingerprint density at radius 3 is 1.47 bits per heavy atom. The van der Waals surface area contributed by atoms with Crippen molar-refractivity contribution in [2.75, 3.05) is 40.4 Å². The Hall–Kier alpha value is -5.06. The van der Waals surface area contributed by atoms with Crippen LogP contribution in [0.25, 0.3) is 32.6 Å². The lowest BCUT2D eigenvalue weighted by atomic mass is 9.72. The highest BCUT2D eigenvalue weighted by molar-refractivity contribution is 5.91. The molecule has 10 nitrogen and oxygen atoms in total. The molecule has 6 aliphatic rings. The molecule has 0 saturated carbocycles. The molecule has 6 aromatic rings. The van der Waals surface area contributed by atoms with Gasteiger partial charge in [-0.15, -0.1) is 10.2 Å². The van der Waals surface area contributed by atoms with Crippen molar-refractivity contribution in [3.63, 3.8) is 0 Å². The topological polar surface area (TPSA) is 95.0 Å². The fourth-order valence-electron chi connectivity index (χ4n) is 11.1. The number of aromatic nitrogens is 4. The maximum Gasteiger partial charge on any atom is 0.242 e. The first-order valence-electron chi connectivity index (χ1n) is 21.5. The van der Waals surface area contributed by atoms with Crippen LogP contribution in [0.5, 0.6) is 23.3 Å². The molecule has 2 unspecified atom stereocenters. The van der Waals surface area contributed by atoms with Crippen molar-refractivity contribution in [1.82, 2.24) is 30.0 Å². The van der Waals surface area contributed by atoms with E-state index in [2.05, 4.69) is 72.2 Å². The number of hydrogen-bond donors (Lipinski definition) is 0. The molecule has 6 aliphatic heterocycles. The smallest absolute Gasteiger partial charge is 0.242 e. The van der Waals surface area contributed by atoms with Crippen LogP contribution in [0.2, 0.25) is 0 Å². The van der Waals surface area contributed by atoms with E-state index in [9.17, 15) is 0 Å². The van der Waals surface area contributed by atoms with Gasteiger partial charge in [0.15, 0.2) is 0 Å². The summed E-state index contributed by atoms with van der Waals surface area (Å²) >= 11 is 0. The lowest BCUT2D eigenvalue weighted by molar-refractivity contribution is -0.0505. The molecule has 0 radical (unpaired) electrons. The maximum atomic E-state index is 7.30. The zero-order valence-electron chi connectivity index (χ0n) is 34.1. The summed E-state index contributed by atoms with van der Waals surface area (Å²) in [7, 11) is 3.42. The molecule has 0 N–H and O–H groups in total. The Morgan fingerprint density at radius 1 is 0.603 bits per heavy atom. The highest BCUT2D eigenvalue weighted by Gasteiger charge is 2.46. The van der Waals surface area contributed by atoms with Gasteiger partial charge in [-0.3, -0.25) is 19.8 Å². The van der Waals surface area contributed by atoms with E-state index in [1.165, 1.54) is 25.7 Å². The molecule has 9 heterocycles. The van der Waals surface area contributed by atoms with E-state index in [1.807, 2.05) is 36.7 Å². The second-order valence-corrected chi connectivity index (χ2v) is 17.0. The lowest BCUT2D eigenvalue weighted by Crippen LogP contribution is -2.56. The summed E-state index contributed by atoms with van der Waals surface area (Å²) in [6.07, 6.45) is 10.2. The Balaban J connectivity index is 1.06. The summed E-state index contributed by atoms with van der Waals surface area (Å²) in [5.74, 6) is 5.39. The van der Waals surface area contributed by atoms with Gasteiger partial charge in [0.1, 0.15) is 23.7 Å². The van der Waals surface area contributed by atoms with E-state index in [-0.39, 0.29) is 24.3 Å². The van der Waals surface area contributed by atoms with Gasteiger partial charge in [-0.25, -0.2) is 0 Å². The molecule has 300 valence electrons. The van der Waals surface area contributed by atoms with Crippen LogP contribution in [-0.2, 0) is 0 Å². The number of nitrogens with zero attached hydrogens (tertiary/aromatic N) is 6. The second-order valence-electron chi connectivity index (χ2n) is 17.0. The van der Waals surface area contributed by atoms with Crippen molar-refractivity contribution < 1.29 is 18.9 Å². The Labute approximate surface area is 340 Å². The fourth-order valence-corrected chi connectivity index (χ4v) is 11.1. The lowest BCUT2D eigenvalue weighted by Gasteiger charge is -2.52. The number of methoxy groups -OCH3 is 2. The number of rotatable bonds is 12. The van der Waals surface area contributed by atoms with Gasteiger partial charge >= 0.3 is 0 Å². The van der Waals surface area contributed by atoms with Crippen LogP contribution in [0.4, 0.5) is 0 Å². The van der Waals surface area contributed by atoms with Gasteiger partial charge in [0.05, 0.1) is 48.1 Å². The number of fused-ring (bicyclic) bond motifs is 9. The Bertz CT molecular complexity index is 2280. The monoisotopic (exact) mass is 778 g/mol. The molecular weight excluding hydrogens is 725 g/mol. The summed E-state index contributed by atoms with van der Waals surface area (Å²) in [5.41, 5.74) is 4.01. The molecule has 6 saturated heterocycles. The highest BCUT2D eigenvalue weighted by Crippen LogP contribution is 2.47. The van der Waals surface area contributed by atoms with Crippen LogP contribution >= 0.6 is 0 Å². The van der Waals surface area contributed by atoms with Crippen LogP contribution in [-0.4, -0.2) is 82.4 Å². The van der Waals surface area contributed by atoms with E-state index in [0.717, 1.165) is 94.2 Å². The molecule has 3 aromatic carbocycles. The average Bonchev–Trinajstić information content (AvgIpc) is 3.29. The summed E-state index contributed by atoms with van der Waals surface area (Å²) in [6, 6.07) is 25.1. The molecule has 0 spiro atoms. The van der Waals surface area contributed by atoms with E-state index < -0.39 is 0 Å². The number of hydrogen-bond acceptors (Lipinski definition) is 10. The van der Waals surface area contributed by atoms with Crippen molar-refractivity contribution in [2.45, 2.75) is 76.7 Å². The van der Waals surface area contributed by atoms with Crippen molar-refractivity contribution >= 4 is 32.6 Å². The van der Waals surface area contributed by atoms with Crippen LogP contribution in [0, 0.1) is 23.7 Å². The van der Waals surface area contributed by atoms with E-state index in [4.69, 9.17) is 39.1 Å². The zero-order valence-corrected chi connectivity index (χ0v) is 34.1. The SMILES string of the molecule is CC[C@H]1CN2CC[C@H]1C[C@@H]2[C@H](Oc1nnc(O[C@@H](c2ccnc3ccc(OC)cc23)[C@@H]2C[C@H]3CCN2C[C@@H]3CC)c2ccccc12)c1ccnc2ccc(OC)cc12. The van der Waals surface area contributed by atoms with E-state index in [0.29, 0.717) is 35.4 Å². The van der Waals surface area contributed by atoms with Crippen molar-refractivity contribution in [2.24, 2.45) is 23.7 Å². The highest BCUT2D eigenvalue weighted by atomic mass is 16.5. The first kappa shape index (κ1) is 37.2. The minimum absolute atomic E-state index is 0.180. The molecule has 0 aliphatic carbocycles. The van der Waals surface area contributed by atoms with Crippen molar-refractivity contribution in [1.29, 1.82) is 0 Å². The van der Waals surface area contributed by atoms with Crippen molar-refractivity contribution in [3.8, 4) is 23.3 Å². The van der Waals surface area contributed by atoms with Gasteiger partial charge in [0, 0.05) is 47.4 Å². The number of pyridine rings is 2. The van der Waals surface area contributed by atoms with Gasteiger partial charge in [0.2, 0.25) is 11.8 Å². The minimum atomic E-state index is -0.300. The number of piperidine rings is 6. The number of benzene rings is 3. The molecule has 10 heteroatoms. The third-order valence-electron chi connectivity index (χ3n) is 14.3. The molecule has 6 fully saturated rings. The number of ether oxygens (including phenoxy) is 4. The van der Waals surface area contributed by atoms with Gasteiger partial charge in [-0.05, 0) is 123 Å². The van der Waals surface area contributed by atoms with Gasteiger partial charge in [-0.2, -0.15) is 0 Å². The summed E-state index contributed by atoms with van der Waals surface area (Å²) < 4.78 is 26.0. The maximum absolute atomic E-state index is 7.30. The first-order valence-corrected chi connectivity index (χ1v) is 21.5. The quantitative estimate of drug-likeness (QED) is 0.120. The molecule has 0 amide bonds. The first-order chi connectivity index (χ1) is 28.5. The molecule has 58 heavy (non-hydrogen) atoms. The van der Waals surface area contributed by atoms with Crippen LogP contribution in [0.3, 0.4) is 0 Å². The molecule has 3 aromatic heterocycles. The van der Waals surface area contributed by atoms with Gasteiger partial charge < -0.3 is 18.9 Å². The summed E-state index contributed by atoms with van der Waals surface area (Å²) in [4.78, 5) is 14.8. The predicted octanol–water partition coefficient (Wildman–Crippen LogP) is 9.22.